The SMILES string of the molecule is COC(c1ccc(Cl)cc1)C(C)NC(=O)c1cccnc1. The van der Waals surface area contributed by atoms with Crippen LogP contribution in [0.4, 0.5) is 0 Å². The Morgan fingerprint density at radius 2 is 2.00 bits per heavy atom. The third kappa shape index (κ3) is 4.03. The molecular weight excluding hydrogens is 288 g/mol. The van der Waals surface area contributed by atoms with Gasteiger partial charge >= 0.3 is 0 Å². The smallest absolute Gasteiger partial charge is 0.253 e. The highest BCUT2D eigenvalue weighted by molar-refractivity contribution is 6.30. The van der Waals surface area contributed by atoms with Crippen LogP contribution in [-0.2, 0) is 4.74 Å². The number of pyridine rings is 1. The predicted octanol–water partition coefficient (Wildman–Crippen LogP) is 3.24. The van der Waals surface area contributed by atoms with Crippen molar-refractivity contribution < 1.29 is 9.53 Å². The molecule has 0 spiro atoms. The zero-order valence-corrected chi connectivity index (χ0v) is 12.7. The number of methoxy groups -OCH3 is 1. The lowest BCUT2D eigenvalue weighted by molar-refractivity contribution is 0.0645. The van der Waals surface area contributed by atoms with Crippen molar-refractivity contribution in [3.63, 3.8) is 0 Å². The molecule has 1 heterocycles. The summed E-state index contributed by atoms with van der Waals surface area (Å²) in [4.78, 5) is 16.1. The van der Waals surface area contributed by atoms with Crippen LogP contribution in [0.2, 0.25) is 5.02 Å². The first kappa shape index (κ1) is 15.5. The van der Waals surface area contributed by atoms with Crippen molar-refractivity contribution in [1.29, 1.82) is 0 Å². The van der Waals surface area contributed by atoms with Crippen LogP contribution >= 0.6 is 11.6 Å². The van der Waals surface area contributed by atoms with E-state index in [2.05, 4.69) is 10.3 Å². The topological polar surface area (TPSA) is 51.2 Å². The van der Waals surface area contributed by atoms with Gasteiger partial charge in [-0.05, 0) is 36.8 Å². The number of benzene rings is 1. The lowest BCUT2D eigenvalue weighted by atomic mass is 10.0. The lowest BCUT2D eigenvalue weighted by Gasteiger charge is -2.24. The Morgan fingerprint density at radius 3 is 2.57 bits per heavy atom. The van der Waals surface area contributed by atoms with E-state index in [-0.39, 0.29) is 18.1 Å². The molecule has 1 N–H and O–H groups in total. The van der Waals surface area contributed by atoms with Gasteiger partial charge in [-0.25, -0.2) is 0 Å². The molecule has 2 rings (SSSR count). The van der Waals surface area contributed by atoms with E-state index >= 15 is 0 Å². The molecule has 1 amide bonds. The standard InChI is InChI=1S/C16H17ClN2O2/c1-11(19-16(20)13-4-3-9-18-10-13)15(21-2)12-5-7-14(17)8-6-12/h3-11,15H,1-2H3,(H,19,20). The summed E-state index contributed by atoms with van der Waals surface area (Å²) >= 11 is 5.89. The molecule has 0 aliphatic carbocycles. The van der Waals surface area contributed by atoms with Crippen LogP contribution < -0.4 is 5.32 Å². The van der Waals surface area contributed by atoms with Gasteiger partial charge in [-0.3, -0.25) is 9.78 Å². The molecule has 2 atom stereocenters. The quantitative estimate of drug-likeness (QED) is 0.922. The molecular formula is C16H17ClN2O2. The fourth-order valence-electron chi connectivity index (χ4n) is 2.14. The van der Waals surface area contributed by atoms with Crippen molar-refractivity contribution in [2.24, 2.45) is 0 Å². The van der Waals surface area contributed by atoms with Gasteiger partial charge in [-0.1, -0.05) is 23.7 Å². The fraction of sp³-hybridized carbons (Fsp3) is 0.250. The Kier molecular flexibility index (Phi) is 5.31. The van der Waals surface area contributed by atoms with Crippen molar-refractivity contribution in [2.75, 3.05) is 7.11 Å². The molecule has 4 nitrogen and oxygen atoms in total. The number of rotatable bonds is 5. The monoisotopic (exact) mass is 304 g/mol. The van der Waals surface area contributed by atoms with E-state index in [1.165, 1.54) is 6.20 Å². The number of ether oxygens (including phenoxy) is 1. The van der Waals surface area contributed by atoms with Crippen LogP contribution in [-0.4, -0.2) is 24.0 Å². The van der Waals surface area contributed by atoms with Gasteiger partial charge in [0.15, 0.2) is 0 Å². The van der Waals surface area contributed by atoms with Crippen molar-refractivity contribution >= 4 is 17.5 Å². The average Bonchev–Trinajstić information content (AvgIpc) is 2.50. The maximum Gasteiger partial charge on any atom is 0.253 e. The van der Waals surface area contributed by atoms with E-state index in [0.717, 1.165) is 5.56 Å². The summed E-state index contributed by atoms with van der Waals surface area (Å²) in [5, 5.41) is 3.59. The number of nitrogens with one attached hydrogen (secondary N) is 1. The highest BCUT2D eigenvalue weighted by atomic mass is 35.5. The normalized spacial score (nSPS) is 13.5. The summed E-state index contributed by atoms with van der Waals surface area (Å²) in [6.45, 7) is 1.90. The van der Waals surface area contributed by atoms with Crippen molar-refractivity contribution in [1.82, 2.24) is 10.3 Å². The van der Waals surface area contributed by atoms with Crippen LogP contribution in [0, 0.1) is 0 Å². The summed E-state index contributed by atoms with van der Waals surface area (Å²) in [6.07, 6.45) is 2.92. The minimum Gasteiger partial charge on any atom is -0.375 e. The minimum atomic E-state index is -0.247. The average molecular weight is 305 g/mol. The van der Waals surface area contributed by atoms with Gasteiger partial charge in [0.1, 0.15) is 6.10 Å². The second-order valence-electron chi connectivity index (χ2n) is 4.71. The molecule has 21 heavy (non-hydrogen) atoms. The molecule has 5 heteroatoms. The molecule has 0 aliphatic rings. The van der Waals surface area contributed by atoms with Crippen LogP contribution in [0.25, 0.3) is 0 Å². The summed E-state index contributed by atoms with van der Waals surface area (Å²) in [6, 6.07) is 10.7. The number of nitrogens with zero attached hydrogens (tertiary/aromatic N) is 1. The van der Waals surface area contributed by atoms with E-state index in [1.54, 1.807) is 37.6 Å². The van der Waals surface area contributed by atoms with E-state index in [0.29, 0.717) is 10.6 Å². The number of carbonyl (C=O) groups is 1. The molecule has 0 fully saturated rings. The van der Waals surface area contributed by atoms with Gasteiger partial charge in [-0.2, -0.15) is 0 Å². The first-order valence-electron chi connectivity index (χ1n) is 6.61. The second kappa shape index (κ2) is 7.20. The highest BCUT2D eigenvalue weighted by Crippen LogP contribution is 2.22. The molecule has 0 saturated heterocycles. The third-order valence-corrected chi connectivity index (χ3v) is 3.44. The van der Waals surface area contributed by atoms with Gasteiger partial charge < -0.3 is 10.1 Å². The van der Waals surface area contributed by atoms with Crippen molar-refractivity contribution in [2.45, 2.75) is 19.1 Å². The summed E-state index contributed by atoms with van der Waals surface area (Å²) in [5.74, 6) is -0.174. The lowest BCUT2D eigenvalue weighted by Crippen LogP contribution is -2.37. The number of amides is 1. The van der Waals surface area contributed by atoms with Gasteiger partial charge in [0.2, 0.25) is 0 Å². The summed E-state index contributed by atoms with van der Waals surface area (Å²) in [5.41, 5.74) is 1.48. The first-order valence-corrected chi connectivity index (χ1v) is 6.98. The summed E-state index contributed by atoms with van der Waals surface area (Å²) < 4.78 is 5.50. The van der Waals surface area contributed by atoms with Gasteiger partial charge in [0.25, 0.3) is 5.91 Å². The van der Waals surface area contributed by atoms with Gasteiger partial charge in [0, 0.05) is 24.5 Å². The zero-order chi connectivity index (χ0) is 15.2. The Hall–Kier alpha value is -1.91. The Balaban J connectivity index is 2.08. The van der Waals surface area contributed by atoms with Crippen LogP contribution in [0.3, 0.4) is 0 Å². The Bertz CT molecular complexity index is 587. The minimum absolute atomic E-state index is 0.174. The molecule has 1 aromatic carbocycles. The summed E-state index contributed by atoms with van der Waals surface area (Å²) in [7, 11) is 1.62. The molecule has 2 aromatic rings. The number of halogens is 1. The van der Waals surface area contributed by atoms with E-state index in [9.17, 15) is 4.79 Å². The van der Waals surface area contributed by atoms with Crippen molar-refractivity contribution in [3.8, 4) is 0 Å². The second-order valence-corrected chi connectivity index (χ2v) is 5.15. The zero-order valence-electron chi connectivity index (χ0n) is 11.9. The number of hydrogen-bond donors (Lipinski definition) is 1. The maximum atomic E-state index is 12.1. The molecule has 0 radical (unpaired) electrons. The van der Waals surface area contributed by atoms with E-state index < -0.39 is 0 Å². The third-order valence-electron chi connectivity index (χ3n) is 3.19. The van der Waals surface area contributed by atoms with Crippen LogP contribution in [0.5, 0.6) is 0 Å². The van der Waals surface area contributed by atoms with Crippen molar-refractivity contribution in [3.05, 3.63) is 64.9 Å². The predicted molar refractivity (Wildman–Crippen MR) is 82.4 cm³/mol. The molecule has 0 bridgehead atoms. The highest BCUT2D eigenvalue weighted by Gasteiger charge is 2.21. The Morgan fingerprint density at radius 1 is 1.29 bits per heavy atom. The first-order chi connectivity index (χ1) is 10.1. The van der Waals surface area contributed by atoms with Gasteiger partial charge in [-0.15, -0.1) is 0 Å². The fourth-order valence-corrected chi connectivity index (χ4v) is 2.27. The van der Waals surface area contributed by atoms with E-state index in [1.807, 2.05) is 19.1 Å². The largest absolute Gasteiger partial charge is 0.375 e. The molecule has 2 unspecified atom stereocenters. The maximum absolute atomic E-state index is 12.1. The van der Waals surface area contributed by atoms with Crippen LogP contribution in [0.15, 0.2) is 48.8 Å². The Labute approximate surface area is 129 Å². The van der Waals surface area contributed by atoms with E-state index in [4.69, 9.17) is 16.3 Å². The number of hydrogen-bond acceptors (Lipinski definition) is 3. The molecule has 0 saturated carbocycles. The molecule has 1 aromatic heterocycles. The number of carbonyl (C=O) groups excluding carboxylic acids is 1. The molecule has 110 valence electrons. The van der Waals surface area contributed by atoms with Gasteiger partial charge in [0.05, 0.1) is 11.6 Å². The molecule has 0 aliphatic heterocycles. The van der Waals surface area contributed by atoms with Crippen LogP contribution in [0.1, 0.15) is 28.9 Å². The number of aromatic nitrogens is 1.